The number of sulfone groups is 1. The van der Waals surface area contributed by atoms with Gasteiger partial charge in [0.05, 0.1) is 40.1 Å². The smallest absolute Gasteiger partial charge is 0.338 e. The Morgan fingerprint density at radius 2 is 1.30 bits per heavy atom. The Bertz CT molecular complexity index is 1430. The van der Waals surface area contributed by atoms with Crippen LogP contribution in [0.5, 0.6) is 0 Å². The number of rotatable bonds is 15. The minimum atomic E-state index is -3.72. The van der Waals surface area contributed by atoms with Crippen LogP contribution < -0.4 is 0 Å². The summed E-state index contributed by atoms with van der Waals surface area (Å²) in [5.74, 6) is -2.04. The first-order chi connectivity index (χ1) is 21.2. The molecule has 11 heteroatoms. The van der Waals surface area contributed by atoms with Crippen LogP contribution in [-0.2, 0) is 38.3 Å². The maximum atomic E-state index is 13.5. The second-order valence-corrected chi connectivity index (χ2v) is 12.4. The van der Waals surface area contributed by atoms with E-state index in [9.17, 15) is 18.0 Å². The van der Waals surface area contributed by atoms with E-state index in [1.807, 2.05) is 0 Å². The van der Waals surface area contributed by atoms with E-state index in [4.69, 9.17) is 28.4 Å². The Morgan fingerprint density at radius 3 is 1.84 bits per heavy atom. The Morgan fingerprint density at radius 1 is 0.750 bits per heavy atom. The second-order valence-electron chi connectivity index (χ2n) is 10.4. The summed E-state index contributed by atoms with van der Waals surface area (Å²) in [5.41, 5.74) is 0.680. The molecule has 1 fully saturated rings. The molecular weight excluding hydrogens is 588 g/mol. The molecule has 1 aliphatic heterocycles. The fourth-order valence-corrected chi connectivity index (χ4v) is 7.00. The largest absolute Gasteiger partial charge is 0.458 e. The van der Waals surface area contributed by atoms with Gasteiger partial charge in [-0.1, -0.05) is 54.6 Å². The van der Waals surface area contributed by atoms with Crippen molar-refractivity contribution >= 4 is 21.8 Å². The number of methoxy groups -OCH3 is 3. The van der Waals surface area contributed by atoms with Crippen molar-refractivity contribution in [3.63, 3.8) is 0 Å². The zero-order chi connectivity index (χ0) is 31.5. The molecule has 0 aromatic heterocycles. The lowest BCUT2D eigenvalue weighted by molar-refractivity contribution is -0.133. The second kappa shape index (κ2) is 15.9. The molecule has 0 bridgehead atoms. The van der Waals surface area contributed by atoms with Crippen molar-refractivity contribution in [3.05, 3.63) is 102 Å². The molecule has 4 rings (SSSR count). The molecule has 0 aliphatic carbocycles. The number of ether oxygens (including phenoxy) is 6. The first kappa shape index (κ1) is 33.3. The van der Waals surface area contributed by atoms with Gasteiger partial charge in [0, 0.05) is 40.1 Å². The molecule has 0 N–H and O–H groups in total. The molecule has 1 unspecified atom stereocenters. The fourth-order valence-electron chi connectivity index (χ4n) is 5.32. The lowest BCUT2D eigenvalue weighted by Crippen LogP contribution is -2.38. The van der Waals surface area contributed by atoms with Crippen molar-refractivity contribution in [1.29, 1.82) is 0 Å². The molecule has 3 aromatic carbocycles. The van der Waals surface area contributed by atoms with Gasteiger partial charge < -0.3 is 28.4 Å². The maximum Gasteiger partial charge on any atom is 0.338 e. The Balaban J connectivity index is 1.58. The lowest BCUT2D eigenvalue weighted by Gasteiger charge is -2.26. The summed E-state index contributed by atoms with van der Waals surface area (Å²) in [6.45, 7) is -0.251. The van der Waals surface area contributed by atoms with E-state index in [-0.39, 0.29) is 30.1 Å². The number of hydrogen-bond donors (Lipinski definition) is 0. The Hall–Kier alpha value is -3.61. The summed E-state index contributed by atoms with van der Waals surface area (Å²) in [6.07, 6.45) is -3.32. The third-order valence-corrected chi connectivity index (χ3v) is 9.35. The summed E-state index contributed by atoms with van der Waals surface area (Å²) in [7, 11) is 0.739. The average molecular weight is 627 g/mol. The van der Waals surface area contributed by atoms with E-state index in [0.717, 1.165) is 0 Å². The average Bonchev–Trinajstić information content (AvgIpc) is 3.37. The quantitative estimate of drug-likeness (QED) is 0.178. The van der Waals surface area contributed by atoms with E-state index < -0.39 is 58.4 Å². The monoisotopic (exact) mass is 626 g/mol. The van der Waals surface area contributed by atoms with Crippen molar-refractivity contribution < 1.29 is 46.4 Å². The van der Waals surface area contributed by atoms with Gasteiger partial charge in [0.2, 0.25) is 0 Å². The van der Waals surface area contributed by atoms with Gasteiger partial charge in [-0.15, -0.1) is 0 Å². The molecule has 1 heterocycles. The van der Waals surface area contributed by atoms with Gasteiger partial charge in [0.1, 0.15) is 12.7 Å². The standard InChI is InChI=1S/C33H38O10S/c1-38-30(39-2)20-28-27(22-44(36,37)26-17-11-6-12-18-26)31(40-3)29(43-28)19-25(42-33(35)24-15-9-5-10-16-24)21-41-32(34)23-13-7-4-8-14-23/h4-18,25,27-31H,19-22H2,1-3H3/t25-,27?,28-,29+,31+/m0/s1. The molecule has 0 amide bonds. The van der Waals surface area contributed by atoms with Gasteiger partial charge >= 0.3 is 11.9 Å². The minimum absolute atomic E-state index is 0.0716. The van der Waals surface area contributed by atoms with E-state index in [2.05, 4.69) is 0 Å². The molecule has 236 valence electrons. The normalized spacial score (nSPS) is 20.7. The highest BCUT2D eigenvalue weighted by atomic mass is 32.2. The van der Waals surface area contributed by atoms with E-state index >= 15 is 0 Å². The zero-order valence-electron chi connectivity index (χ0n) is 24.9. The first-order valence-electron chi connectivity index (χ1n) is 14.3. The summed E-state index contributed by atoms with van der Waals surface area (Å²) in [5, 5.41) is 0. The van der Waals surface area contributed by atoms with Crippen LogP contribution in [0.15, 0.2) is 95.9 Å². The molecule has 44 heavy (non-hydrogen) atoms. The summed E-state index contributed by atoms with van der Waals surface area (Å²) < 4.78 is 61.4. The fraction of sp³-hybridized carbons (Fsp3) is 0.394. The van der Waals surface area contributed by atoms with Crippen molar-refractivity contribution in [1.82, 2.24) is 0 Å². The SMILES string of the molecule is COC(C[C@@H]1O[C@H](C[C@@H](COC(=O)c2ccccc2)OC(=O)c2ccccc2)[C@H](OC)C1CS(=O)(=O)c1ccccc1)OC. The third kappa shape index (κ3) is 8.73. The summed E-state index contributed by atoms with van der Waals surface area (Å²) in [6, 6.07) is 25.1. The summed E-state index contributed by atoms with van der Waals surface area (Å²) >= 11 is 0. The molecule has 1 saturated heterocycles. The van der Waals surface area contributed by atoms with Crippen LogP contribution in [0.1, 0.15) is 33.6 Å². The predicted octanol–water partition coefficient (Wildman–Crippen LogP) is 4.34. The zero-order valence-corrected chi connectivity index (χ0v) is 25.8. The molecule has 0 spiro atoms. The molecule has 0 radical (unpaired) electrons. The summed E-state index contributed by atoms with van der Waals surface area (Å²) in [4.78, 5) is 26.0. The topological polar surface area (TPSA) is 124 Å². The molecule has 1 aliphatic rings. The molecule has 10 nitrogen and oxygen atoms in total. The van der Waals surface area contributed by atoms with Crippen LogP contribution in [0.25, 0.3) is 0 Å². The molecule has 3 aromatic rings. The molecular formula is C33H38O10S. The highest BCUT2D eigenvalue weighted by Gasteiger charge is 2.48. The van der Waals surface area contributed by atoms with Gasteiger partial charge in [-0.05, 0) is 36.4 Å². The van der Waals surface area contributed by atoms with Gasteiger partial charge in [-0.3, -0.25) is 0 Å². The van der Waals surface area contributed by atoms with Crippen molar-refractivity contribution in [2.75, 3.05) is 33.7 Å². The van der Waals surface area contributed by atoms with Crippen molar-refractivity contribution in [3.8, 4) is 0 Å². The van der Waals surface area contributed by atoms with Crippen LogP contribution in [0.4, 0.5) is 0 Å². The van der Waals surface area contributed by atoms with Gasteiger partial charge in [-0.2, -0.15) is 0 Å². The number of hydrogen-bond acceptors (Lipinski definition) is 10. The van der Waals surface area contributed by atoms with Crippen LogP contribution in [0.3, 0.4) is 0 Å². The number of esters is 2. The van der Waals surface area contributed by atoms with Crippen molar-refractivity contribution in [2.24, 2.45) is 5.92 Å². The molecule has 0 saturated carbocycles. The number of carbonyl (C=O) groups excluding carboxylic acids is 2. The minimum Gasteiger partial charge on any atom is -0.458 e. The Labute approximate surface area is 258 Å². The first-order valence-corrected chi connectivity index (χ1v) is 15.9. The Kier molecular flexibility index (Phi) is 12.0. The van der Waals surface area contributed by atoms with Gasteiger partial charge in [0.15, 0.2) is 16.1 Å². The van der Waals surface area contributed by atoms with E-state index in [1.165, 1.54) is 21.3 Å². The number of carbonyl (C=O) groups is 2. The van der Waals surface area contributed by atoms with Gasteiger partial charge in [-0.25, -0.2) is 18.0 Å². The highest BCUT2D eigenvalue weighted by Crippen LogP contribution is 2.37. The van der Waals surface area contributed by atoms with E-state index in [1.54, 1.807) is 91.0 Å². The predicted molar refractivity (Wildman–Crippen MR) is 161 cm³/mol. The maximum absolute atomic E-state index is 13.5. The van der Waals surface area contributed by atoms with Crippen LogP contribution in [-0.4, -0.2) is 84.8 Å². The van der Waals surface area contributed by atoms with Crippen LogP contribution >= 0.6 is 0 Å². The molecule has 5 atom stereocenters. The highest BCUT2D eigenvalue weighted by molar-refractivity contribution is 7.91. The third-order valence-electron chi connectivity index (χ3n) is 7.54. The van der Waals surface area contributed by atoms with E-state index in [0.29, 0.717) is 11.1 Å². The lowest BCUT2D eigenvalue weighted by atomic mass is 9.94. The van der Waals surface area contributed by atoms with Gasteiger partial charge in [0.25, 0.3) is 0 Å². The number of benzene rings is 3. The van der Waals surface area contributed by atoms with Crippen molar-refractivity contribution in [2.45, 2.75) is 48.4 Å². The van der Waals surface area contributed by atoms with Crippen LogP contribution in [0, 0.1) is 5.92 Å². The van der Waals surface area contributed by atoms with Crippen LogP contribution in [0.2, 0.25) is 0 Å².